The molecule has 0 saturated carbocycles. The molecular weight excluding hydrogens is 320 g/mol. The normalized spacial score (nSPS) is 17.7. The second kappa shape index (κ2) is 7.02. The van der Waals surface area contributed by atoms with Crippen LogP contribution in [-0.2, 0) is 17.9 Å². The Morgan fingerprint density at radius 3 is 3.12 bits per heavy atom. The first-order valence-corrected chi connectivity index (χ1v) is 8.50. The van der Waals surface area contributed by atoms with Gasteiger partial charge in [0.05, 0.1) is 0 Å². The molecule has 3 aromatic rings. The molecule has 1 aliphatic heterocycles. The topological polar surface area (TPSA) is 97.9 Å². The number of nitrogens with one attached hydrogen (secondary N) is 2. The quantitative estimate of drug-likeness (QED) is 0.724. The Bertz CT molecular complexity index is 865. The third-order valence-corrected chi connectivity index (χ3v) is 4.57. The van der Waals surface area contributed by atoms with E-state index in [0.29, 0.717) is 23.5 Å². The summed E-state index contributed by atoms with van der Waals surface area (Å²) in [6.07, 6.45) is 4.05. The monoisotopic (exact) mass is 340 g/mol. The lowest BCUT2D eigenvalue weighted by atomic mass is 9.96. The van der Waals surface area contributed by atoms with Crippen molar-refractivity contribution in [2.75, 3.05) is 13.1 Å². The molecule has 25 heavy (non-hydrogen) atoms. The van der Waals surface area contributed by atoms with Gasteiger partial charge in [0, 0.05) is 30.9 Å². The van der Waals surface area contributed by atoms with Crippen LogP contribution in [0, 0.1) is 0 Å². The lowest BCUT2D eigenvalue weighted by Gasteiger charge is -2.23. The molecule has 4 rings (SSSR count). The van der Waals surface area contributed by atoms with Crippen molar-refractivity contribution in [1.29, 1.82) is 0 Å². The van der Waals surface area contributed by atoms with Crippen LogP contribution < -0.4 is 10.6 Å². The van der Waals surface area contributed by atoms with E-state index in [9.17, 15) is 4.79 Å². The van der Waals surface area contributed by atoms with E-state index in [1.54, 1.807) is 10.9 Å². The fourth-order valence-electron chi connectivity index (χ4n) is 3.26. The largest absolute Gasteiger partial charge is 0.350 e. The number of piperidine rings is 1. The highest BCUT2D eigenvalue weighted by Gasteiger charge is 2.19. The third kappa shape index (κ3) is 3.53. The number of hydrogen-bond donors (Lipinski definition) is 2. The fourth-order valence-corrected chi connectivity index (χ4v) is 3.26. The number of amides is 1. The second-order valence-electron chi connectivity index (χ2n) is 6.32. The van der Waals surface area contributed by atoms with Gasteiger partial charge in [-0.25, -0.2) is 4.63 Å². The van der Waals surface area contributed by atoms with Crippen molar-refractivity contribution in [2.24, 2.45) is 0 Å². The van der Waals surface area contributed by atoms with Gasteiger partial charge in [-0.3, -0.25) is 9.48 Å². The Morgan fingerprint density at radius 1 is 1.32 bits per heavy atom. The summed E-state index contributed by atoms with van der Waals surface area (Å²) in [5.74, 6) is 0.359. The maximum absolute atomic E-state index is 12.3. The maximum atomic E-state index is 12.3. The lowest BCUT2D eigenvalue weighted by Crippen LogP contribution is -2.32. The molecule has 1 amide bonds. The van der Waals surface area contributed by atoms with Gasteiger partial charge in [-0.2, -0.15) is 5.10 Å². The van der Waals surface area contributed by atoms with Gasteiger partial charge in [0.15, 0.2) is 0 Å². The zero-order valence-electron chi connectivity index (χ0n) is 13.8. The van der Waals surface area contributed by atoms with Crippen LogP contribution in [0.15, 0.2) is 35.1 Å². The van der Waals surface area contributed by atoms with Crippen molar-refractivity contribution in [3.63, 3.8) is 0 Å². The highest BCUT2D eigenvalue weighted by molar-refractivity contribution is 5.76. The van der Waals surface area contributed by atoms with E-state index in [0.717, 1.165) is 37.2 Å². The number of rotatable bonds is 5. The van der Waals surface area contributed by atoms with Crippen LogP contribution in [-0.4, -0.2) is 39.1 Å². The molecule has 0 bridgehead atoms. The summed E-state index contributed by atoms with van der Waals surface area (Å²) in [5.41, 5.74) is 3.47. The van der Waals surface area contributed by atoms with Crippen LogP contribution >= 0.6 is 0 Å². The Morgan fingerprint density at radius 2 is 2.24 bits per heavy atom. The van der Waals surface area contributed by atoms with Gasteiger partial charge in [0.1, 0.15) is 17.6 Å². The van der Waals surface area contributed by atoms with Crippen molar-refractivity contribution in [1.82, 2.24) is 30.7 Å². The van der Waals surface area contributed by atoms with E-state index in [1.807, 2.05) is 24.3 Å². The molecule has 0 unspecified atom stereocenters. The molecule has 1 aliphatic rings. The number of fused-ring (bicyclic) bond motifs is 1. The van der Waals surface area contributed by atoms with Gasteiger partial charge in [-0.1, -0.05) is 6.07 Å². The molecular formula is C17H20N6O2. The van der Waals surface area contributed by atoms with E-state index in [1.165, 1.54) is 0 Å². The van der Waals surface area contributed by atoms with E-state index in [4.69, 9.17) is 0 Å². The van der Waals surface area contributed by atoms with Gasteiger partial charge in [-0.05, 0) is 53.5 Å². The maximum Gasteiger partial charge on any atom is 0.242 e. The van der Waals surface area contributed by atoms with Crippen molar-refractivity contribution < 1.29 is 9.42 Å². The molecule has 2 aromatic heterocycles. The van der Waals surface area contributed by atoms with Crippen molar-refractivity contribution in [3.8, 4) is 0 Å². The molecule has 1 fully saturated rings. The van der Waals surface area contributed by atoms with Crippen LogP contribution in [0.1, 0.15) is 30.0 Å². The smallest absolute Gasteiger partial charge is 0.242 e. The summed E-state index contributed by atoms with van der Waals surface area (Å²) in [5, 5.41) is 18.2. The van der Waals surface area contributed by atoms with Crippen molar-refractivity contribution >= 4 is 16.9 Å². The molecule has 1 aromatic carbocycles. The van der Waals surface area contributed by atoms with Crippen molar-refractivity contribution in [2.45, 2.75) is 31.8 Å². The lowest BCUT2D eigenvalue weighted by molar-refractivity contribution is -0.122. The summed E-state index contributed by atoms with van der Waals surface area (Å²) < 4.78 is 6.49. The standard InChI is InChI=1S/C17H20N6O2/c24-17(19-9-12-3-4-14-15(8-12)22-25-21-14)11-23-16(5-7-20-23)13-2-1-6-18-10-13/h3-5,7-8,13,18H,1-2,6,9-11H2,(H,19,24)/t13-/m1/s1. The van der Waals surface area contributed by atoms with Gasteiger partial charge >= 0.3 is 0 Å². The summed E-state index contributed by atoms with van der Waals surface area (Å²) in [6, 6.07) is 7.60. The molecule has 0 spiro atoms. The number of aromatic nitrogens is 4. The van der Waals surface area contributed by atoms with Crippen LogP contribution in [0.5, 0.6) is 0 Å². The minimum atomic E-state index is -0.0629. The average molecular weight is 340 g/mol. The van der Waals surface area contributed by atoms with Crippen LogP contribution in [0.25, 0.3) is 11.0 Å². The molecule has 130 valence electrons. The minimum Gasteiger partial charge on any atom is -0.350 e. The first-order chi connectivity index (χ1) is 12.3. The highest BCUT2D eigenvalue weighted by atomic mass is 16.6. The molecule has 1 saturated heterocycles. The van der Waals surface area contributed by atoms with Gasteiger partial charge in [0.2, 0.25) is 5.91 Å². The average Bonchev–Trinajstić information content (AvgIpc) is 3.29. The predicted octanol–water partition coefficient (Wildman–Crippen LogP) is 1.20. The van der Waals surface area contributed by atoms with Crippen LogP contribution in [0.4, 0.5) is 0 Å². The summed E-state index contributed by atoms with van der Waals surface area (Å²) in [4.78, 5) is 12.3. The molecule has 0 aliphatic carbocycles. The zero-order chi connectivity index (χ0) is 17.1. The zero-order valence-corrected chi connectivity index (χ0v) is 13.8. The van der Waals surface area contributed by atoms with E-state index in [2.05, 4.69) is 30.7 Å². The van der Waals surface area contributed by atoms with E-state index >= 15 is 0 Å². The minimum absolute atomic E-state index is 0.0629. The number of nitrogens with zero attached hydrogens (tertiary/aromatic N) is 4. The van der Waals surface area contributed by atoms with Crippen LogP contribution in [0.3, 0.4) is 0 Å². The summed E-state index contributed by atoms with van der Waals surface area (Å²) in [6.45, 7) is 2.67. The van der Waals surface area contributed by atoms with Crippen LogP contribution in [0.2, 0.25) is 0 Å². The third-order valence-electron chi connectivity index (χ3n) is 4.57. The molecule has 8 nitrogen and oxygen atoms in total. The molecule has 8 heteroatoms. The summed E-state index contributed by atoms with van der Waals surface area (Å²) >= 11 is 0. The Kier molecular flexibility index (Phi) is 4.43. The predicted molar refractivity (Wildman–Crippen MR) is 90.7 cm³/mol. The summed E-state index contributed by atoms with van der Waals surface area (Å²) in [7, 11) is 0. The van der Waals surface area contributed by atoms with Gasteiger partial charge in [0.25, 0.3) is 0 Å². The highest BCUT2D eigenvalue weighted by Crippen LogP contribution is 2.22. The molecule has 3 heterocycles. The first kappa shape index (κ1) is 15.8. The number of carbonyl (C=O) groups is 1. The Hall–Kier alpha value is -2.74. The number of carbonyl (C=O) groups excluding carboxylic acids is 1. The Balaban J connectivity index is 1.36. The number of hydrogen-bond acceptors (Lipinski definition) is 6. The van der Waals surface area contributed by atoms with E-state index in [-0.39, 0.29) is 12.5 Å². The van der Waals surface area contributed by atoms with Gasteiger partial charge in [-0.15, -0.1) is 0 Å². The van der Waals surface area contributed by atoms with Crippen molar-refractivity contribution in [3.05, 3.63) is 41.7 Å². The fraction of sp³-hybridized carbons (Fsp3) is 0.412. The molecule has 1 atom stereocenters. The molecule has 0 radical (unpaired) electrons. The molecule has 2 N–H and O–H groups in total. The Labute approximate surface area is 144 Å². The SMILES string of the molecule is O=C(Cn1nccc1[C@@H]1CCCNC1)NCc1ccc2nonc2c1. The van der Waals surface area contributed by atoms with Gasteiger partial charge < -0.3 is 10.6 Å². The van der Waals surface area contributed by atoms with E-state index < -0.39 is 0 Å². The second-order valence-corrected chi connectivity index (χ2v) is 6.32. The first-order valence-electron chi connectivity index (χ1n) is 8.50. The number of benzene rings is 1.